The van der Waals surface area contributed by atoms with Crippen molar-refractivity contribution in [2.45, 2.75) is 24.9 Å². The van der Waals surface area contributed by atoms with Crippen LogP contribution >= 0.6 is 0 Å². The highest BCUT2D eigenvalue weighted by Gasteiger charge is 2.35. The minimum Gasteiger partial charge on any atom is -0.347 e. The maximum absolute atomic E-state index is 12.0. The number of nitrogens with zero attached hydrogens (tertiary/aromatic N) is 2. The van der Waals surface area contributed by atoms with E-state index >= 15 is 0 Å². The number of hydrogen-bond donors (Lipinski definition) is 2. The number of carbonyl (C=O) groups excluding carboxylic acids is 2. The molecule has 0 aromatic heterocycles. The number of urea groups is 1. The van der Waals surface area contributed by atoms with Crippen molar-refractivity contribution in [3.05, 3.63) is 0 Å². The number of nitrogens with one attached hydrogen (secondary N) is 2. The topological polar surface area (TPSA) is 64.7 Å². The summed E-state index contributed by atoms with van der Waals surface area (Å²) in [6.07, 6.45) is 2.12. The number of rotatable bonds is 2. The van der Waals surface area contributed by atoms with Gasteiger partial charge in [-0.15, -0.1) is 0 Å². The molecular formula is C11H20N4O2. The highest BCUT2D eigenvalue weighted by atomic mass is 16.2. The molecule has 0 bridgehead atoms. The van der Waals surface area contributed by atoms with Gasteiger partial charge in [-0.25, -0.2) is 4.79 Å². The monoisotopic (exact) mass is 240 g/mol. The van der Waals surface area contributed by atoms with Gasteiger partial charge in [0.05, 0.1) is 0 Å². The zero-order valence-corrected chi connectivity index (χ0v) is 10.4. The summed E-state index contributed by atoms with van der Waals surface area (Å²) >= 11 is 0. The molecule has 96 valence electrons. The van der Waals surface area contributed by atoms with Gasteiger partial charge in [0.25, 0.3) is 0 Å². The lowest BCUT2D eigenvalue weighted by molar-refractivity contribution is -0.133. The predicted octanol–water partition coefficient (Wildman–Crippen LogP) is -0.780. The van der Waals surface area contributed by atoms with Crippen LogP contribution in [0.25, 0.3) is 0 Å². The van der Waals surface area contributed by atoms with Gasteiger partial charge >= 0.3 is 6.03 Å². The number of amides is 3. The molecule has 1 atom stereocenters. The average molecular weight is 240 g/mol. The molecule has 1 saturated carbocycles. The zero-order chi connectivity index (χ0) is 12.4. The molecule has 6 nitrogen and oxygen atoms in total. The minimum atomic E-state index is -0.377. The summed E-state index contributed by atoms with van der Waals surface area (Å²) in [6.45, 7) is 1.87. The van der Waals surface area contributed by atoms with E-state index < -0.39 is 0 Å². The van der Waals surface area contributed by atoms with Gasteiger partial charge in [0, 0.05) is 39.8 Å². The summed E-state index contributed by atoms with van der Waals surface area (Å²) < 4.78 is 0. The molecule has 3 amide bonds. The maximum Gasteiger partial charge on any atom is 0.318 e. The van der Waals surface area contributed by atoms with Gasteiger partial charge in [0.2, 0.25) is 5.91 Å². The molecule has 2 N–H and O–H groups in total. The van der Waals surface area contributed by atoms with Crippen molar-refractivity contribution in [3.8, 4) is 0 Å². The first-order valence-electron chi connectivity index (χ1n) is 6.08. The summed E-state index contributed by atoms with van der Waals surface area (Å²) in [4.78, 5) is 27.2. The normalized spacial score (nSPS) is 24.4. The fourth-order valence-electron chi connectivity index (χ4n) is 1.95. The molecule has 0 spiro atoms. The number of likely N-dealkylation sites (N-methyl/N-ethyl adjacent to an activating group) is 1. The van der Waals surface area contributed by atoms with Crippen LogP contribution in [0.4, 0.5) is 4.79 Å². The van der Waals surface area contributed by atoms with Gasteiger partial charge in [-0.05, 0) is 12.8 Å². The zero-order valence-electron chi connectivity index (χ0n) is 10.4. The molecular weight excluding hydrogens is 220 g/mol. The Labute approximate surface area is 101 Å². The fraction of sp³-hybridized carbons (Fsp3) is 0.818. The molecule has 1 saturated heterocycles. The van der Waals surface area contributed by atoms with Crippen LogP contribution in [0.15, 0.2) is 0 Å². The first-order valence-corrected chi connectivity index (χ1v) is 6.08. The van der Waals surface area contributed by atoms with Crippen LogP contribution in [0.3, 0.4) is 0 Å². The minimum absolute atomic E-state index is 0.0249. The molecule has 1 unspecified atom stereocenters. The Morgan fingerprint density at radius 1 is 1.35 bits per heavy atom. The van der Waals surface area contributed by atoms with Gasteiger partial charge < -0.3 is 20.4 Å². The first-order chi connectivity index (χ1) is 8.09. The largest absolute Gasteiger partial charge is 0.347 e. The second-order valence-corrected chi connectivity index (χ2v) is 4.87. The van der Waals surface area contributed by atoms with Crippen molar-refractivity contribution >= 4 is 11.9 Å². The maximum atomic E-state index is 12.0. The van der Waals surface area contributed by atoms with Crippen LogP contribution in [0, 0.1) is 0 Å². The van der Waals surface area contributed by atoms with Crippen LogP contribution in [0.5, 0.6) is 0 Å². The number of hydrogen-bond acceptors (Lipinski definition) is 3. The Morgan fingerprint density at radius 3 is 2.65 bits per heavy atom. The summed E-state index contributed by atoms with van der Waals surface area (Å²) in [6, 6.07) is -0.154. The summed E-state index contributed by atoms with van der Waals surface area (Å²) in [5, 5.41) is 6.09. The van der Waals surface area contributed by atoms with E-state index in [1.54, 1.807) is 19.0 Å². The van der Waals surface area contributed by atoms with Crippen LogP contribution in [-0.4, -0.2) is 67.6 Å². The summed E-state index contributed by atoms with van der Waals surface area (Å²) in [5.41, 5.74) is 0. The molecule has 0 aromatic carbocycles. The molecule has 2 fully saturated rings. The van der Waals surface area contributed by atoms with Crippen LogP contribution in [0.1, 0.15) is 12.8 Å². The van der Waals surface area contributed by atoms with Gasteiger partial charge in [0.15, 0.2) is 0 Å². The SMILES string of the molecule is CN(C)C(=O)C1CNCCN1C(=O)NC1CC1. The second kappa shape index (κ2) is 4.91. The smallest absolute Gasteiger partial charge is 0.318 e. The van der Waals surface area contributed by atoms with Gasteiger partial charge in [-0.2, -0.15) is 0 Å². The van der Waals surface area contributed by atoms with E-state index in [9.17, 15) is 9.59 Å². The van der Waals surface area contributed by atoms with E-state index in [1.807, 2.05) is 0 Å². The van der Waals surface area contributed by atoms with Crippen LogP contribution in [0.2, 0.25) is 0 Å². The Kier molecular flexibility index (Phi) is 3.51. The predicted molar refractivity (Wildman–Crippen MR) is 63.6 cm³/mol. The van der Waals surface area contributed by atoms with Crippen molar-refractivity contribution in [3.63, 3.8) is 0 Å². The number of piperazine rings is 1. The Bertz CT molecular complexity index is 315. The fourth-order valence-corrected chi connectivity index (χ4v) is 1.95. The van der Waals surface area contributed by atoms with Crippen LogP contribution in [-0.2, 0) is 4.79 Å². The molecule has 1 heterocycles. The Balaban J connectivity index is 2.00. The van der Waals surface area contributed by atoms with Crippen molar-refractivity contribution < 1.29 is 9.59 Å². The highest BCUT2D eigenvalue weighted by Crippen LogP contribution is 2.19. The van der Waals surface area contributed by atoms with E-state index in [0.717, 1.165) is 19.4 Å². The summed E-state index contributed by atoms with van der Waals surface area (Å²) in [7, 11) is 3.43. The van der Waals surface area contributed by atoms with E-state index in [4.69, 9.17) is 0 Å². The molecule has 6 heteroatoms. The van der Waals surface area contributed by atoms with Gasteiger partial charge in [0.1, 0.15) is 6.04 Å². The number of carbonyl (C=O) groups is 2. The van der Waals surface area contributed by atoms with Crippen molar-refractivity contribution in [2.75, 3.05) is 33.7 Å². The first kappa shape index (κ1) is 12.2. The molecule has 0 radical (unpaired) electrons. The molecule has 0 aromatic rings. The van der Waals surface area contributed by atoms with Gasteiger partial charge in [-0.1, -0.05) is 0 Å². The third-order valence-electron chi connectivity index (χ3n) is 3.14. The third-order valence-corrected chi connectivity index (χ3v) is 3.14. The molecule has 1 aliphatic carbocycles. The quantitative estimate of drug-likeness (QED) is 0.665. The van der Waals surface area contributed by atoms with Gasteiger partial charge in [-0.3, -0.25) is 4.79 Å². The van der Waals surface area contributed by atoms with E-state index in [1.165, 1.54) is 4.90 Å². The highest BCUT2D eigenvalue weighted by molar-refractivity contribution is 5.87. The molecule has 17 heavy (non-hydrogen) atoms. The molecule has 1 aliphatic heterocycles. The van der Waals surface area contributed by atoms with Crippen molar-refractivity contribution in [1.29, 1.82) is 0 Å². The lowest BCUT2D eigenvalue weighted by Gasteiger charge is -2.36. The van der Waals surface area contributed by atoms with Crippen LogP contribution < -0.4 is 10.6 Å². The molecule has 2 aliphatic rings. The second-order valence-electron chi connectivity index (χ2n) is 4.87. The lowest BCUT2D eigenvalue weighted by atomic mass is 10.2. The summed E-state index contributed by atoms with van der Waals surface area (Å²) in [5.74, 6) is -0.0249. The Morgan fingerprint density at radius 2 is 2.06 bits per heavy atom. The molecule has 2 rings (SSSR count). The Hall–Kier alpha value is -1.30. The lowest BCUT2D eigenvalue weighted by Crippen LogP contribution is -2.61. The third kappa shape index (κ3) is 2.88. The van der Waals surface area contributed by atoms with E-state index in [-0.39, 0.29) is 18.0 Å². The standard InChI is InChI=1S/C11H20N4O2/c1-14(2)10(16)9-7-12-5-6-15(9)11(17)13-8-3-4-8/h8-9,12H,3-7H2,1-2H3,(H,13,17). The van der Waals surface area contributed by atoms with Crippen molar-refractivity contribution in [2.24, 2.45) is 0 Å². The van der Waals surface area contributed by atoms with E-state index in [0.29, 0.717) is 19.1 Å². The van der Waals surface area contributed by atoms with E-state index in [2.05, 4.69) is 10.6 Å². The van der Waals surface area contributed by atoms with Crippen molar-refractivity contribution in [1.82, 2.24) is 20.4 Å². The average Bonchev–Trinajstić information content (AvgIpc) is 3.11.